The van der Waals surface area contributed by atoms with E-state index in [1.54, 1.807) is 12.1 Å². The minimum Gasteiger partial charge on any atom is -0.350 e. The number of rotatable bonds is 2. The van der Waals surface area contributed by atoms with Crippen molar-refractivity contribution in [2.24, 2.45) is 7.05 Å². The zero-order valence-electron chi connectivity index (χ0n) is 8.73. The summed E-state index contributed by atoms with van der Waals surface area (Å²) in [5.74, 6) is 0. The highest BCUT2D eigenvalue weighted by molar-refractivity contribution is 5.85. The molecule has 0 radical (unpaired) electrons. The third kappa shape index (κ3) is 1.48. The normalized spacial score (nSPS) is 10.8. The number of nitro groups is 1. The molecule has 0 aliphatic heterocycles. The Morgan fingerprint density at radius 2 is 2.20 bits per heavy atom. The Bertz CT molecular complexity index is 529. The topological polar surface area (TPSA) is 48.1 Å². The third-order valence-electron chi connectivity index (χ3n) is 2.65. The first-order valence-electron chi connectivity index (χ1n) is 4.86. The van der Waals surface area contributed by atoms with Crippen LogP contribution in [0.25, 0.3) is 10.9 Å². The summed E-state index contributed by atoms with van der Waals surface area (Å²) < 4.78 is 1.93. The molecule has 0 N–H and O–H groups in total. The van der Waals surface area contributed by atoms with Crippen molar-refractivity contribution in [3.63, 3.8) is 0 Å². The van der Waals surface area contributed by atoms with Crippen LogP contribution in [-0.2, 0) is 13.5 Å². The molecule has 1 aromatic heterocycles. The Hall–Kier alpha value is -1.84. The Balaban J connectivity index is 2.72. The molecule has 0 unspecified atom stereocenters. The fourth-order valence-corrected chi connectivity index (χ4v) is 1.85. The van der Waals surface area contributed by atoms with E-state index in [0.29, 0.717) is 0 Å². The van der Waals surface area contributed by atoms with Crippen LogP contribution < -0.4 is 0 Å². The van der Waals surface area contributed by atoms with Crippen molar-refractivity contribution in [1.29, 1.82) is 0 Å². The summed E-state index contributed by atoms with van der Waals surface area (Å²) in [5.41, 5.74) is 2.29. The van der Waals surface area contributed by atoms with Gasteiger partial charge in [0.1, 0.15) is 0 Å². The summed E-state index contributed by atoms with van der Waals surface area (Å²) >= 11 is 0. The van der Waals surface area contributed by atoms with E-state index in [1.165, 1.54) is 5.56 Å². The van der Waals surface area contributed by atoms with Gasteiger partial charge in [0.25, 0.3) is 5.69 Å². The Kier molecular flexibility index (Phi) is 2.19. The minimum absolute atomic E-state index is 0.145. The summed E-state index contributed by atoms with van der Waals surface area (Å²) in [5, 5.41) is 11.7. The van der Waals surface area contributed by atoms with E-state index in [4.69, 9.17) is 0 Å². The third-order valence-corrected chi connectivity index (χ3v) is 2.65. The van der Waals surface area contributed by atoms with Crippen LogP contribution in [0.1, 0.15) is 12.5 Å². The molecular weight excluding hydrogens is 192 g/mol. The van der Waals surface area contributed by atoms with Crippen molar-refractivity contribution in [1.82, 2.24) is 4.57 Å². The molecule has 1 heterocycles. The van der Waals surface area contributed by atoms with E-state index in [0.717, 1.165) is 17.3 Å². The number of fused-ring (bicyclic) bond motifs is 1. The van der Waals surface area contributed by atoms with Crippen LogP contribution >= 0.6 is 0 Å². The first-order chi connectivity index (χ1) is 7.13. The van der Waals surface area contributed by atoms with Gasteiger partial charge in [-0.2, -0.15) is 0 Å². The quantitative estimate of drug-likeness (QED) is 0.557. The lowest BCUT2D eigenvalue weighted by Gasteiger charge is -1.96. The summed E-state index contributed by atoms with van der Waals surface area (Å²) in [6.45, 7) is 2.08. The predicted octanol–water partition coefficient (Wildman–Crippen LogP) is 2.65. The largest absolute Gasteiger partial charge is 0.350 e. The number of non-ortho nitro benzene ring substituents is 1. The first-order valence-corrected chi connectivity index (χ1v) is 4.86. The van der Waals surface area contributed by atoms with Gasteiger partial charge >= 0.3 is 0 Å². The number of nitro benzene ring substituents is 1. The van der Waals surface area contributed by atoms with Crippen molar-refractivity contribution >= 4 is 16.6 Å². The molecule has 0 atom stereocenters. The van der Waals surface area contributed by atoms with Gasteiger partial charge in [-0.05, 0) is 18.1 Å². The molecular formula is C11H12N2O2. The summed E-state index contributed by atoms with van der Waals surface area (Å²) in [7, 11) is 1.91. The standard InChI is InChI=1S/C11H12N2O2/c1-3-8-7-12(2)11-6-9(13(14)15)4-5-10(8)11/h4-7H,3H2,1-2H3. The van der Waals surface area contributed by atoms with Gasteiger partial charge in [-0.1, -0.05) is 6.92 Å². The average molecular weight is 204 g/mol. The molecule has 0 saturated carbocycles. The Morgan fingerprint density at radius 3 is 2.80 bits per heavy atom. The highest BCUT2D eigenvalue weighted by Crippen LogP contribution is 2.25. The van der Waals surface area contributed by atoms with Crippen molar-refractivity contribution in [3.8, 4) is 0 Å². The van der Waals surface area contributed by atoms with Crippen molar-refractivity contribution in [2.45, 2.75) is 13.3 Å². The van der Waals surface area contributed by atoms with Crippen LogP contribution in [0.15, 0.2) is 24.4 Å². The number of benzene rings is 1. The first kappa shape index (κ1) is 9.71. The molecule has 15 heavy (non-hydrogen) atoms. The highest BCUT2D eigenvalue weighted by atomic mass is 16.6. The lowest BCUT2D eigenvalue weighted by molar-refractivity contribution is -0.384. The summed E-state index contributed by atoms with van der Waals surface area (Å²) in [6.07, 6.45) is 2.96. The lowest BCUT2D eigenvalue weighted by atomic mass is 10.1. The minimum atomic E-state index is -0.363. The van der Waals surface area contributed by atoms with Gasteiger partial charge in [-0.25, -0.2) is 0 Å². The van der Waals surface area contributed by atoms with E-state index in [-0.39, 0.29) is 10.6 Å². The molecule has 0 amide bonds. The van der Waals surface area contributed by atoms with Crippen molar-refractivity contribution < 1.29 is 4.92 Å². The second kappa shape index (κ2) is 3.38. The molecule has 78 valence electrons. The van der Waals surface area contributed by atoms with Crippen molar-refractivity contribution in [2.75, 3.05) is 0 Å². The van der Waals surface area contributed by atoms with E-state index in [9.17, 15) is 10.1 Å². The van der Waals surface area contributed by atoms with Gasteiger partial charge in [-0.3, -0.25) is 10.1 Å². The fourth-order valence-electron chi connectivity index (χ4n) is 1.85. The fraction of sp³-hybridized carbons (Fsp3) is 0.273. The number of hydrogen-bond acceptors (Lipinski definition) is 2. The van der Waals surface area contributed by atoms with Crippen LogP contribution in [-0.4, -0.2) is 9.49 Å². The van der Waals surface area contributed by atoms with E-state index in [1.807, 2.05) is 23.9 Å². The monoisotopic (exact) mass is 204 g/mol. The maximum Gasteiger partial charge on any atom is 0.271 e. The maximum atomic E-state index is 10.6. The molecule has 0 bridgehead atoms. The zero-order chi connectivity index (χ0) is 11.0. The summed E-state index contributed by atoms with van der Waals surface area (Å²) in [6, 6.07) is 5.00. The van der Waals surface area contributed by atoms with E-state index >= 15 is 0 Å². The summed E-state index contributed by atoms with van der Waals surface area (Å²) in [4.78, 5) is 10.3. The second-order valence-corrected chi connectivity index (χ2v) is 3.58. The Morgan fingerprint density at radius 1 is 1.47 bits per heavy atom. The molecule has 0 fully saturated rings. The van der Waals surface area contributed by atoms with Gasteiger partial charge in [0.15, 0.2) is 0 Å². The molecule has 0 spiro atoms. The van der Waals surface area contributed by atoms with E-state index < -0.39 is 0 Å². The molecule has 4 nitrogen and oxygen atoms in total. The molecule has 0 aliphatic rings. The van der Waals surface area contributed by atoms with Crippen LogP contribution in [0.2, 0.25) is 0 Å². The van der Waals surface area contributed by atoms with Crippen LogP contribution in [0.3, 0.4) is 0 Å². The smallest absolute Gasteiger partial charge is 0.271 e. The number of hydrogen-bond donors (Lipinski definition) is 0. The predicted molar refractivity (Wildman–Crippen MR) is 59.0 cm³/mol. The Labute approximate surface area is 87.3 Å². The molecule has 0 aliphatic carbocycles. The number of nitrogens with zero attached hydrogens (tertiary/aromatic N) is 2. The van der Waals surface area contributed by atoms with Crippen LogP contribution in [0.5, 0.6) is 0 Å². The maximum absolute atomic E-state index is 10.6. The van der Waals surface area contributed by atoms with Crippen LogP contribution in [0.4, 0.5) is 5.69 Å². The molecule has 0 saturated heterocycles. The number of aryl methyl sites for hydroxylation is 2. The molecule has 2 rings (SSSR count). The van der Waals surface area contributed by atoms with Gasteiger partial charge < -0.3 is 4.57 Å². The molecule has 4 heteroatoms. The van der Waals surface area contributed by atoms with E-state index in [2.05, 4.69) is 6.92 Å². The van der Waals surface area contributed by atoms with Crippen LogP contribution in [0, 0.1) is 10.1 Å². The van der Waals surface area contributed by atoms with Crippen molar-refractivity contribution in [3.05, 3.63) is 40.1 Å². The van der Waals surface area contributed by atoms with Gasteiger partial charge in [0.05, 0.1) is 10.4 Å². The van der Waals surface area contributed by atoms with Gasteiger partial charge in [0.2, 0.25) is 0 Å². The highest BCUT2D eigenvalue weighted by Gasteiger charge is 2.10. The lowest BCUT2D eigenvalue weighted by Crippen LogP contribution is -1.89. The SMILES string of the molecule is CCc1cn(C)c2cc([N+](=O)[O-])ccc12. The molecule has 2 aromatic rings. The van der Waals surface area contributed by atoms with Gasteiger partial charge in [-0.15, -0.1) is 0 Å². The number of aromatic nitrogens is 1. The van der Waals surface area contributed by atoms with Gasteiger partial charge in [0, 0.05) is 30.8 Å². The second-order valence-electron chi connectivity index (χ2n) is 3.58. The molecule has 1 aromatic carbocycles. The average Bonchev–Trinajstić information content (AvgIpc) is 2.55. The zero-order valence-corrected chi connectivity index (χ0v) is 8.73.